The minimum Gasteiger partial charge on any atom is -0.476 e. The second-order valence-electron chi connectivity index (χ2n) is 5.74. The highest BCUT2D eigenvalue weighted by atomic mass is 16.5. The molecular formula is C15H18N2O4. The highest BCUT2D eigenvalue weighted by Gasteiger charge is 2.36. The number of nitrogens with one attached hydrogen (secondary N) is 2. The lowest BCUT2D eigenvalue weighted by Gasteiger charge is -2.32. The number of carbonyl (C=O) groups excluding carboxylic acids is 2. The average molecular weight is 290 g/mol. The Balaban J connectivity index is 1.84. The third-order valence-electron chi connectivity index (χ3n) is 3.66. The Bertz CT molecular complexity index is 591. The van der Waals surface area contributed by atoms with E-state index in [1.165, 1.54) is 0 Å². The van der Waals surface area contributed by atoms with Crippen LogP contribution in [-0.2, 0) is 14.3 Å². The van der Waals surface area contributed by atoms with Crippen molar-refractivity contribution in [3.05, 3.63) is 18.2 Å². The third kappa shape index (κ3) is 2.58. The number of carbonyl (C=O) groups is 2. The minimum absolute atomic E-state index is 0.194. The lowest BCUT2D eigenvalue weighted by atomic mass is 10.1. The van der Waals surface area contributed by atoms with E-state index in [4.69, 9.17) is 9.47 Å². The van der Waals surface area contributed by atoms with E-state index in [1.807, 2.05) is 0 Å². The molecule has 1 aromatic carbocycles. The maximum Gasteiger partial charge on any atom is 0.268 e. The SMILES string of the molecule is CC1(C)Oc2cccc(NC(=O)C3CCCO3)c2NC1=O. The molecule has 1 saturated heterocycles. The molecule has 1 unspecified atom stereocenters. The van der Waals surface area contributed by atoms with E-state index in [1.54, 1.807) is 32.0 Å². The Kier molecular flexibility index (Phi) is 3.33. The van der Waals surface area contributed by atoms with E-state index in [-0.39, 0.29) is 11.8 Å². The number of benzene rings is 1. The fourth-order valence-electron chi connectivity index (χ4n) is 2.43. The quantitative estimate of drug-likeness (QED) is 0.872. The minimum atomic E-state index is -0.926. The molecule has 1 fully saturated rings. The van der Waals surface area contributed by atoms with Crippen molar-refractivity contribution in [1.82, 2.24) is 0 Å². The van der Waals surface area contributed by atoms with E-state index in [0.717, 1.165) is 12.8 Å². The number of para-hydroxylation sites is 1. The molecule has 2 aliphatic heterocycles. The Labute approximate surface area is 122 Å². The molecule has 3 rings (SSSR count). The normalized spacial score (nSPS) is 23.0. The van der Waals surface area contributed by atoms with Crippen LogP contribution in [0.4, 0.5) is 11.4 Å². The second kappa shape index (κ2) is 5.04. The fourth-order valence-corrected chi connectivity index (χ4v) is 2.43. The number of anilines is 2. The second-order valence-corrected chi connectivity index (χ2v) is 5.74. The van der Waals surface area contributed by atoms with Crippen LogP contribution in [0.3, 0.4) is 0 Å². The van der Waals surface area contributed by atoms with Crippen LogP contribution in [0.5, 0.6) is 5.75 Å². The summed E-state index contributed by atoms with van der Waals surface area (Å²) < 4.78 is 11.0. The average Bonchev–Trinajstić information content (AvgIpc) is 2.94. The van der Waals surface area contributed by atoms with Crippen LogP contribution in [0.15, 0.2) is 18.2 Å². The molecular weight excluding hydrogens is 272 g/mol. The molecule has 1 atom stereocenters. The summed E-state index contributed by atoms with van der Waals surface area (Å²) in [5, 5.41) is 5.60. The zero-order chi connectivity index (χ0) is 15.0. The number of ether oxygens (including phenoxy) is 2. The molecule has 6 nitrogen and oxygen atoms in total. The molecule has 1 aromatic rings. The molecule has 0 aliphatic carbocycles. The summed E-state index contributed by atoms with van der Waals surface area (Å²) in [6.45, 7) is 4.00. The van der Waals surface area contributed by atoms with Gasteiger partial charge in [0.1, 0.15) is 17.5 Å². The van der Waals surface area contributed by atoms with Gasteiger partial charge in [0.05, 0.1) is 5.69 Å². The Morgan fingerprint density at radius 3 is 2.95 bits per heavy atom. The van der Waals surface area contributed by atoms with Crippen LogP contribution in [0.1, 0.15) is 26.7 Å². The van der Waals surface area contributed by atoms with Gasteiger partial charge in [-0.05, 0) is 38.8 Å². The summed E-state index contributed by atoms with van der Waals surface area (Å²) in [6, 6.07) is 5.27. The molecule has 6 heteroatoms. The lowest BCUT2D eigenvalue weighted by molar-refractivity contribution is -0.129. The van der Waals surface area contributed by atoms with Crippen molar-refractivity contribution < 1.29 is 19.1 Å². The summed E-state index contributed by atoms with van der Waals surface area (Å²) >= 11 is 0. The van der Waals surface area contributed by atoms with Gasteiger partial charge < -0.3 is 20.1 Å². The number of fused-ring (bicyclic) bond motifs is 1. The zero-order valence-corrected chi connectivity index (χ0v) is 12.1. The number of rotatable bonds is 2. The van der Waals surface area contributed by atoms with Gasteiger partial charge in [0, 0.05) is 6.61 Å². The first-order valence-electron chi connectivity index (χ1n) is 7.03. The largest absolute Gasteiger partial charge is 0.476 e. The molecule has 0 radical (unpaired) electrons. The monoisotopic (exact) mass is 290 g/mol. The van der Waals surface area contributed by atoms with Crippen molar-refractivity contribution in [1.29, 1.82) is 0 Å². The number of amides is 2. The lowest BCUT2D eigenvalue weighted by Crippen LogP contribution is -2.46. The summed E-state index contributed by atoms with van der Waals surface area (Å²) in [7, 11) is 0. The van der Waals surface area contributed by atoms with Crippen LogP contribution >= 0.6 is 0 Å². The number of hydrogen-bond donors (Lipinski definition) is 2. The van der Waals surface area contributed by atoms with Gasteiger partial charge in [-0.15, -0.1) is 0 Å². The predicted molar refractivity (Wildman–Crippen MR) is 77.4 cm³/mol. The first-order valence-corrected chi connectivity index (χ1v) is 7.03. The topological polar surface area (TPSA) is 76.7 Å². The van der Waals surface area contributed by atoms with Gasteiger partial charge in [0.2, 0.25) is 0 Å². The van der Waals surface area contributed by atoms with Crippen LogP contribution in [0, 0.1) is 0 Å². The zero-order valence-electron chi connectivity index (χ0n) is 12.1. The summed E-state index contributed by atoms with van der Waals surface area (Å²) in [5.74, 6) is 0.110. The molecule has 0 aromatic heterocycles. The first-order chi connectivity index (χ1) is 9.97. The molecule has 2 N–H and O–H groups in total. The van der Waals surface area contributed by atoms with Crippen molar-refractivity contribution in [2.45, 2.75) is 38.4 Å². The summed E-state index contributed by atoms with van der Waals surface area (Å²) in [6.07, 6.45) is 1.19. The van der Waals surface area contributed by atoms with Crippen LogP contribution in [0.2, 0.25) is 0 Å². The molecule has 0 spiro atoms. The maximum absolute atomic E-state index is 12.1. The molecule has 0 bridgehead atoms. The van der Waals surface area contributed by atoms with Gasteiger partial charge in [0.25, 0.3) is 11.8 Å². The van der Waals surface area contributed by atoms with E-state index in [2.05, 4.69) is 10.6 Å². The smallest absolute Gasteiger partial charge is 0.268 e. The van der Waals surface area contributed by atoms with Crippen molar-refractivity contribution >= 4 is 23.2 Å². The third-order valence-corrected chi connectivity index (χ3v) is 3.66. The van der Waals surface area contributed by atoms with Crippen LogP contribution < -0.4 is 15.4 Å². The molecule has 2 aliphatic rings. The van der Waals surface area contributed by atoms with Crippen molar-refractivity contribution in [2.75, 3.05) is 17.2 Å². The van der Waals surface area contributed by atoms with E-state index in [0.29, 0.717) is 23.7 Å². The van der Waals surface area contributed by atoms with E-state index in [9.17, 15) is 9.59 Å². The highest BCUT2D eigenvalue weighted by molar-refractivity contribution is 6.06. The van der Waals surface area contributed by atoms with Crippen molar-refractivity contribution in [3.8, 4) is 5.75 Å². The Morgan fingerprint density at radius 2 is 2.24 bits per heavy atom. The first kappa shape index (κ1) is 13.9. The standard InChI is InChI=1S/C15H18N2O4/c1-15(2)14(19)17-12-9(5-3-6-10(12)21-15)16-13(18)11-7-4-8-20-11/h3,5-6,11H,4,7-8H2,1-2H3,(H,16,18)(H,17,19). The highest BCUT2D eigenvalue weighted by Crippen LogP contribution is 2.39. The van der Waals surface area contributed by atoms with Crippen molar-refractivity contribution in [2.24, 2.45) is 0 Å². The Hall–Kier alpha value is -2.08. The number of hydrogen-bond acceptors (Lipinski definition) is 4. The fraction of sp³-hybridized carbons (Fsp3) is 0.467. The van der Waals surface area contributed by atoms with Crippen LogP contribution in [-0.4, -0.2) is 30.1 Å². The predicted octanol–water partition coefficient (Wildman–Crippen LogP) is 1.91. The Morgan fingerprint density at radius 1 is 1.43 bits per heavy atom. The van der Waals surface area contributed by atoms with Crippen LogP contribution in [0.25, 0.3) is 0 Å². The molecule has 2 heterocycles. The van der Waals surface area contributed by atoms with Gasteiger partial charge in [-0.2, -0.15) is 0 Å². The van der Waals surface area contributed by atoms with Gasteiger partial charge in [-0.1, -0.05) is 6.07 Å². The van der Waals surface area contributed by atoms with Gasteiger partial charge in [0.15, 0.2) is 5.60 Å². The molecule has 112 valence electrons. The molecule has 2 amide bonds. The van der Waals surface area contributed by atoms with E-state index < -0.39 is 11.7 Å². The molecule has 21 heavy (non-hydrogen) atoms. The maximum atomic E-state index is 12.1. The molecule has 0 saturated carbocycles. The van der Waals surface area contributed by atoms with Gasteiger partial charge in [-0.25, -0.2) is 0 Å². The van der Waals surface area contributed by atoms with E-state index >= 15 is 0 Å². The van der Waals surface area contributed by atoms with Gasteiger partial charge >= 0.3 is 0 Å². The van der Waals surface area contributed by atoms with Crippen molar-refractivity contribution in [3.63, 3.8) is 0 Å². The summed E-state index contributed by atoms with van der Waals surface area (Å²) in [5.41, 5.74) is 0.0921. The summed E-state index contributed by atoms with van der Waals surface area (Å²) in [4.78, 5) is 24.1. The van der Waals surface area contributed by atoms with Gasteiger partial charge in [-0.3, -0.25) is 9.59 Å².